The Morgan fingerprint density at radius 2 is 1.50 bits per heavy atom. The van der Waals surface area contributed by atoms with Gasteiger partial charge in [-0.1, -0.05) is 43.3 Å². The molecule has 114 valence electrons. The number of rotatable bonds is 6. The van der Waals surface area contributed by atoms with Crippen LogP contribution in [-0.2, 0) is 16.0 Å². The van der Waals surface area contributed by atoms with Crippen LogP contribution in [0, 0.1) is 0 Å². The fourth-order valence-corrected chi connectivity index (χ4v) is 2.05. The molecule has 0 heterocycles. The van der Waals surface area contributed by atoms with E-state index in [9.17, 15) is 9.59 Å². The van der Waals surface area contributed by atoms with Gasteiger partial charge in [-0.15, -0.1) is 0 Å². The van der Waals surface area contributed by atoms with E-state index in [2.05, 4.69) is 10.6 Å². The summed E-state index contributed by atoms with van der Waals surface area (Å²) in [6.07, 6.45) is 1.56. The molecule has 0 bridgehead atoms. The zero-order chi connectivity index (χ0) is 15.8. The Balaban J connectivity index is 1.88. The molecule has 2 rings (SSSR count). The predicted octanol–water partition coefficient (Wildman–Crippen LogP) is 3.61. The van der Waals surface area contributed by atoms with E-state index in [1.54, 1.807) is 25.1 Å². The Hall–Kier alpha value is -2.62. The summed E-state index contributed by atoms with van der Waals surface area (Å²) in [4.78, 5) is 23.4. The van der Waals surface area contributed by atoms with Gasteiger partial charge in [-0.3, -0.25) is 9.59 Å². The Bertz CT molecular complexity index is 639. The Labute approximate surface area is 130 Å². The molecule has 2 amide bonds. The molecule has 0 aliphatic carbocycles. The number of aryl methyl sites for hydroxylation is 1. The molecule has 0 atom stereocenters. The van der Waals surface area contributed by atoms with Crippen molar-refractivity contribution in [3.8, 4) is 0 Å². The number of carbonyl (C=O) groups is 2. The van der Waals surface area contributed by atoms with E-state index < -0.39 is 0 Å². The number of hydrogen-bond donors (Lipinski definition) is 2. The van der Waals surface area contributed by atoms with Gasteiger partial charge in [-0.25, -0.2) is 0 Å². The molecule has 2 N–H and O–H groups in total. The average Bonchev–Trinajstić information content (AvgIpc) is 2.54. The zero-order valence-electron chi connectivity index (χ0n) is 12.6. The van der Waals surface area contributed by atoms with Crippen LogP contribution in [0.3, 0.4) is 0 Å². The summed E-state index contributed by atoms with van der Waals surface area (Å²) in [6.45, 7) is 1.80. The highest BCUT2D eigenvalue weighted by atomic mass is 16.2. The number of carbonyl (C=O) groups excluding carboxylic acids is 2. The number of anilines is 2. The van der Waals surface area contributed by atoms with Crippen LogP contribution in [0.15, 0.2) is 54.6 Å². The van der Waals surface area contributed by atoms with Crippen LogP contribution >= 0.6 is 0 Å². The first kappa shape index (κ1) is 15.8. The molecule has 22 heavy (non-hydrogen) atoms. The summed E-state index contributed by atoms with van der Waals surface area (Å²) in [5.41, 5.74) is 2.52. The number of benzene rings is 2. The molecule has 0 aliphatic rings. The third-order valence-electron chi connectivity index (χ3n) is 3.23. The molecule has 0 aromatic heterocycles. The van der Waals surface area contributed by atoms with E-state index in [1.165, 1.54) is 0 Å². The standard InChI is InChI=1S/C18H20N2O2/c1-2-17(21)19-15-9-6-10-16(13-15)20-18(22)12-11-14-7-4-3-5-8-14/h3-10,13H,2,11-12H2,1H3,(H,19,21)(H,20,22). The summed E-state index contributed by atoms with van der Waals surface area (Å²) in [5.74, 6) is -0.0876. The predicted molar refractivity (Wildman–Crippen MR) is 88.8 cm³/mol. The van der Waals surface area contributed by atoms with Crippen LogP contribution in [-0.4, -0.2) is 11.8 Å². The highest BCUT2D eigenvalue weighted by Gasteiger charge is 2.05. The van der Waals surface area contributed by atoms with Crippen LogP contribution in [0.25, 0.3) is 0 Å². The minimum absolute atomic E-state index is 0.0391. The lowest BCUT2D eigenvalue weighted by atomic mass is 10.1. The monoisotopic (exact) mass is 296 g/mol. The second-order valence-corrected chi connectivity index (χ2v) is 5.02. The summed E-state index contributed by atoms with van der Waals surface area (Å²) < 4.78 is 0. The summed E-state index contributed by atoms with van der Waals surface area (Å²) in [5, 5.41) is 5.63. The van der Waals surface area contributed by atoms with Crippen molar-refractivity contribution in [1.29, 1.82) is 0 Å². The largest absolute Gasteiger partial charge is 0.326 e. The van der Waals surface area contributed by atoms with Gasteiger partial charge in [0, 0.05) is 24.2 Å². The second-order valence-electron chi connectivity index (χ2n) is 5.02. The average molecular weight is 296 g/mol. The van der Waals surface area contributed by atoms with Gasteiger partial charge in [0.1, 0.15) is 0 Å². The summed E-state index contributed by atoms with van der Waals surface area (Å²) in [6, 6.07) is 17.1. The number of hydrogen-bond acceptors (Lipinski definition) is 2. The van der Waals surface area contributed by atoms with Crippen molar-refractivity contribution in [1.82, 2.24) is 0 Å². The topological polar surface area (TPSA) is 58.2 Å². The molecule has 0 fully saturated rings. The van der Waals surface area contributed by atoms with E-state index in [0.717, 1.165) is 5.56 Å². The fourth-order valence-electron chi connectivity index (χ4n) is 2.05. The molecule has 0 radical (unpaired) electrons. The highest BCUT2D eigenvalue weighted by molar-refractivity contribution is 5.94. The molecule has 4 nitrogen and oxygen atoms in total. The SMILES string of the molecule is CCC(=O)Nc1cccc(NC(=O)CCc2ccccc2)c1. The normalized spacial score (nSPS) is 10.0. The van der Waals surface area contributed by atoms with Gasteiger partial charge in [-0.05, 0) is 30.2 Å². The van der Waals surface area contributed by atoms with E-state index in [1.807, 2.05) is 36.4 Å². The molecular formula is C18H20N2O2. The van der Waals surface area contributed by atoms with Crippen molar-refractivity contribution in [3.63, 3.8) is 0 Å². The van der Waals surface area contributed by atoms with Gasteiger partial charge >= 0.3 is 0 Å². The molecule has 0 aliphatic heterocycles. The quantitative estimate of drug-likeness (QED) is 0.855. The summed E-state index contributed by atoms with van der Waals surface area (Å²) in [7, 11) is 0. The maximum atomic E-state index is 12.0. The zero-order valence-corrected chi connectivity index (χ0v) is 12.6. The van der Waals surface area contributed by atoms with Crippen molar-refractivity contribution in [2.45, 2.75) is 26.2 Å². The molecule has 0 spiro atoms. The third-order valence-corrected chi connectivity index (χ3v) is 3.23. The Kier molecular flexibility index (Phi) is 5.72. The maximum absolute atomic E-state index is 12.0. The maximum Gasteiger partial charge on any atom is 0.224 e. The smallest absolute Gasteiger partial charge is 0.224 e. The molecule has 0 unspecified atom stereocenters. The van der Waals surface area contributed by atoms with Gasteiger partial charge < -0.3 is 10.6 Å². The number of nitrogens with one attached hydrogen (secondary N) is 2. The minimum atomic E-state index is -0.0486. The van der Waals surface area contributed by atoms with E-state index >= 15 is 0 Å². The molecule has 4 heteroatoms. The van der Waals surface area contributed by atoms with Crippen molar-refractivity contribution in [2.75, 3.05) is 10.6 Å². The molecule has 2 aromatic rings. The van der Waals surface area contributed by atoms with Crippen LogP contribution in [0.1, 0.15) is 25.3 Å². The first-order valence-corrected chi connectivity index (χ1v) is 7.41. The fraction of sp³-hybridized carbons (Fsp3) is 0.222. The van der Waals surface area contributed by atoms with Crippen LogP contribution in [0.4, 0.5) is 11.4 Å². The van der Waals surface area contributed by atoms with E-state index in [-0.39, 0.29) is 11.8 Å². The lowest BCUT2D eigenvalue weighted by molar-refractivity contribution is -0.116. The first-order chi connectivity index (χ1) is 10.7. The van der Waals surface area contributed by atoms with Gasteiger partial charge in [0.05, 0.1) is 0 Å². The lowest BCUT2D eigenvalue weighted by Gasteiger charge is -2.08. The third kappa shape index (κ3) is 5.05. The summed E-state index contributed by atoms with van der Waals surface area (Å²) >= 11 is 0. The Morgan fingerprint density at radius 1 is 0.864 bits per heavy atom. The molecule has 0 saturated carbocycles. The highest BCUT2D eigenvalue weighted by Crippen LogP contribution is 2.16. The Morgan fingerprint density at radius 3 is 2.14 bits per heavy atom. The first-order valence-electron chi connectivity index (χ1n) is 7.41. The molecule has 0 saturated heterocycles. The number of amides is 2. The van der Waals surface area contributed by atoms with Crippen molar-refractivity contribution in [2.24, 2.45) is 0 Å². The van der Waals surface area contributed by atoms with Gasteiger partial charge in [0.25, 0.3) is 0 Å². The van der Waals surface area contributed by atoms with E-state index in [4.69, 9.17) is 0 Å². The van der Waals surface area contributed by atoms with Crippen LogP contribution < -0.4 is 10.6 Å². The van der Waals surface area contributed by atoms with Crippen molar-refractivity contribution >= 4 is 23.2 Å². The second kappa shape index (κ2) is 7.98. The molecule has 2 aromatic carbocycles. The van der Waals surface area contributed by atoms with Crippen LogP contribution in [0.5, 0.6) is 0 Å². The van der Waals surface area contributed by atoms with Crippen LogP contribution in [0.2, 0.25) is 0 Å². The van der Waals surface area contributed by atoms with Gasteiger partial charge in [-0.2, -0.15) is 0 Å². The van der Waals surface area contributed by atoms with E-state index in [0.29, 0.717) is 30.6 Å². The van der Waals surface area contributed by atoms with Gasteiger partial charge in [0.2, 0.25) is 11.8 Å². The van der Waals surface area contributed by atoms with Crippen molar-refractivity contribution < 1.29 is 9.59 Å². The minimum Gasteiger partial charge on any atom is -0.326 e. The van der Waals surface area contributed by atoms with Gasteiger partial charge in [0.15, 0.2) is 0 Å². The molecular weight excluding hydrogens is 276 g/mol. The lowest BCUT2D eigenvalue weighted by Crippen LogP contribution is -2.13. The van der Waals surface area contributed by atoms with Crippen molar-refractivity contribution in [3.05, 3.63) is 60.2 Å².